The summed E-state index contributed by atoms with van der Waals surface area (Å²) in [5, 5.41) is 4.21. The van der Waals surface area contributed by atoms with Crippen LogP contribution in [-0.4, -0.2) is 48.3 Å². The molecule has 0 aromatic carbocycles. The van der Waals surface area contributed by atoms with Crippen molar-refractivity contribution in [2.75, 3.05) is 7.11 Å². The summed E-state index contributed by atoms with van der Waals surface area (Å²) in [4.78, 5) is 23.6. The maximum absolute atomic E-state index is 12.7. The third-order valence-electron chi connectivity index (χ3n) is 4.55. The van der Waals surface area contributed by atoms with Crippen LogP contribution in [0.4, 0.5) is 0 Å². The lowest BCUT2D eigenvalue weighted by Gasteiger charge is -2.19. The van der Waals surface area contributed by atoms with Crippen molar-refractivity contribution in [3.05, 3.63) is 42.1 Å². The number of hydrogen-bond acceptors (Lipinski definition) is 5. The molecule has 1 aliphatic heterocycles. The van der Waals surface area contributed by atoms with E-state index in [1.54, 1.807) is 29.1 Å². The van der Waals surface area contributed by atoms with E-state index in [-0.39, 0.29) is 11.9 Å². The lowest BCUT2D eigenvalue weighted by molar-refractivity contribution is 0.0730. The highest BCUT2D eigenvalue weighted by Crippen LogP contribution is 2.34. The van der Waals surface area contributed by atoms with Gasteiger partial charge in [0.05, 0.1) is 42.4 Å². The van der Waals surface area contributed by atoms with Gasteiger partial charge in [0.1, 0.15) is 5.82 Å². The molecule has 4 heterocycles. The van der Waals surface area contributed by atoms with Crippen LogP contribution in [0.25, 0.3) is 17.1 Å². The average Bonchev–Trinajstić information content (AvgIpc) is 3.32. The first-order valence-corrected chi connectivity index (χ1v) is 8.41. The monoisotopic (exact) mass is 352 g/mol. The van der Waals surface area contributed by atoms with E-state index in [1.165, 1.54) is 0 Å². The Balaban J connectivity index is 1.85. The number of methoxy groups -OCH3 is 1. The maximum Gasteiger partial charge on any atom is 0.256 e. The first-order valence-electron chi connectivity index (χ1n) is 8.41. The van der Waals surface area contributed by atoms with Gasteiger partial charge in [-0.2, -0.15) is 5.10 Å². The molecule has 1 amide bonds. The molecule has 0 bridgehead atoms. The molecular formula is C18H20N6O2. The molecule has 26 heavy (non-hydrogen) atoms. The number of nitrogens with zero attached hydrogens (tertiary/aromatic N) is 6. The molecule has 8 heteroatoms. The van der Waals surface area contributed by atoms with Crippen LogP contribution < -0.4 is 4.74 Å². The second kappa shape index (κ2) is 5.98. The van der Waals surface area contributed by atoms with E-state index >= 15 is 0 Å². The standard InChI is InChI=1S/C18H20N6O2/c1-11(2)24-10-15-13(18(24)25)7-14(17(21-15)26-4)16-19-5-6-23(16)12-8-20-22(3)9-12/h5-9,11H,10H2,1-4H3. The molecule has 0 saturated heterocycles. The SMILES string of the molecule is COc1nc2c(cc1-c1nccn1-c1cnn(C)c1)C(=O)N(C(C)C)C2. The molecule has 3 aromatic rings. The summed E-state index contributed by atoms with van der Waals surface area (Å²) >= 11 is 0. The second-order valence-corrected chi connectivity index (χ2v) is 6.56. The van der Waals surface area contributed by atoms with Crippen molar-refractivity contribution in [3.8, 4) is 23.0 Å². The number of aromatic nitrogens is 5. The number of aryl methyl sites for hydroxylation is 1. The molecule has 0 spiro atoms. The van der Waals surface area contributed by atoms with Gasteiger partial charge in [0.25, 0.3) is 5.91 Å². The van der Waals surface area contributed by atoms with E-state index < -0.39 is 0 Å². The van der Waals surface area contributed by atoms with Crippen LogP contribution in [0.2, 0.25) is 0 Å². The molecule has 4 rings (SSSR count). The molecule has 3 aromatic heterocycles. The Labute approximate surface area is 151 Å². The van der Waals surface area contributed by atoms with E-state index in [9.17, 15) is 4.79 Å². The van der Waals surface area contributed by atoms with Gasteiger partial charge in [0.15, 0.2) is 0 Å². The van der Waals surface area contributed by atoms with Crippen LogP contribution in [0.15, 0.2) is 30.9 Å². The van der Waals surface area contributed by atoms with E-state index in [4.69, 9.17) is 4.74 Å². The minimum Gasteiger partial charge on any atom is -0.480 e. The summed E-state index contributed by atoms with van der Waals surface area (Å²) in [6.45, 7) is 4.49. The number of amides is 1. The van der Waals surface area contributed by atoms with Crippen LogP contribution in [0.3, 0.4) is 0 Å². The Morgan fingerprint density at radius 1 is 1.27 bits per heavy atom. The topological polar surface area (TPSA) is 78.1 Å². The third-order valence-corrected chi connectivity index (χ3v) is 4.55. The molecule has 0 saturated carbocycles. The Morgan fingerprint density at radius 2 is 2.08 bits per heavy atom. The number of fused-ring (bicyclic) bond motifs is 1. The number of carbonyl (C=O) groups is 1. The maximum atomic E-state index is 12.7. The number of pyridine rings is 1. The zero-order chi connectivity index (χ0) is 18.4. The number of hydrogen-bond donors (Lipinski definition) is 0. The second-order valence-electron chi connectivity index (χ2n) is 6.56. The van der Waals surface area contributed by atoms with Crippen LogP contribution in [0.1, 0.15) is 29.9 Å². The third kappa shape index (κ3) is 2.45. The fraction of sp³-hybridized carbons (Fsp3) is 0.333. The molecule has 0 aliphatic carbocycles. The van der Waals surface area contributed by atoms with Gasteiger partial charge in [0.2, 0.25) is 5.88 Å². The Bertz CT molecular complexity index is 987. The van der Waals surface area contributed by atoms with E-state index in [2.05, 4.69) is 15.1 Å². The summed E-state index contributed by atoms with van der Waals surface area (Å²) in [5.41, 5.74) is 2.90. The van der Waals surface area contributed by atoms with E-state index in [1.807, 2.05) is 43.9 Å². The van der Waals surface area contributed by atoms with Crippen LogP contribution in [0.5, 0.6) is 5.88 Å². The van der Waals surface area contributed by atoms with Crippen molar-refractivity contribution in [2.24, 2.45) is 7.05 Å². The van der Waals surface area contributed by atoms with Crippen LogP contribution in [0, 0.1) is 0 Å². The van der Waals surface area contributed by atoms with Crippen molar-refractivity contribution in [2.45, 2.75) is 26.4 Å². The smallest absolute Gasteiger partial charge is 0.256 e. The first kappa shape index (κ1) is 16.3. The number of ether oxygens (including phenoxy) is 1. The average molecular weight is 352 g/mol. The Kier molecular flexibility index (Phi) is 3.75. The van der Waals surface area contributed by atoms with Crippen molar-refractivity contribution >= 4 is 5.91 Å². The minimum absolute atomic E-state index is 0.00844. The zero-order valence-electron chi connectivity index (χ0n) is 15.2. The quantitative estimate of drug-likeness (QED) is 0.718. The van der Waals surface area contributed by atoms with Crippen LogP contribution in [-0.2, 0) is 13.6 Å². The van der Waals surface area contributed by atoms with Gasteiger partial charge in [-0.25, -0.2) is 9.97 Å². The van der Waals surface area contributed by atoms with Gasteiger partial charge in [-0.1, -0.05) is 0 Å². The largest absolute Gasteiger partial charge is 0.480 e. The summed E-state index contributed by atoms with van der Waals surface area (Å²) in [7, 11) is 3.43. The summed E-state index contributed by atoms with van der Waals surface area (Å²) < 4.78 is 9.13. The highest BCUT2D eigenvalue weighted by atomic mass is 16.5. The predicted molar refractivity (Wildman–Crippen MR) is 95.1 cm³/mol. The van der Waals surface area contributed by atoms with Crippen molar-refractivity contribution in [1.82, 2.24) is 29.2 Å². The molecular weight excluding hydrogens is 332 g/mol. The highest BCUT2D eigenvalue weighted by Gasteiger charge is 2.32. The van der Waals surface area contributed by atoms with Gasteiger partial charge in [0, 0.05) is 31.7 Å². The highest BCUT2D eigenvalue weighted by molar-refractivity contribution is 5.99. The van der Waals surface area contributed by atoms with Crippen LogP contribution >= 0.6 is 0 Å². The van der Waals surface area contributed by atoms with Gasteiger partial charge >= 0.3 is 0 Å². The van der Waals surface area contributed by atoms with E-state index in [0.717, 1.165) is 11.4 Å². The van der Waals surface area contributed by atoms with Gasteiger partial charge in [-0.15, -0.1) is 0 Å². The molecule has 0 fully saturated rings. The number of carbonyl (C=O) groups excluding carboxylic acids is 1. The normalized spacial score (nSPS) is 13.6. The Morgan fingerprint density at radius 3 is 2.73 bits per heavy atom. The molecule has 8 nitrogen and oxygen atoms in total. The van der Waals surface area contributed by atoms with Gasteiger partial charge in [-0.3, -0.25) is 14.0 Å². The number of imidazole rings is 1. The predicted octanol–water partition coefficient (Wildman–Crippen LogP) is 2.04. The fourth-order valence-corrected chi connectivity index (χ4v) is 3.20. The van der Waals surface area contributed by atoms with E-state index in [0.29, 0.717) is 29.4 Å². The molecule has 134 valence electrons. The molecule has 0 atom stereocenters. The summed E-state index contributed by atoms with van der Waals surface area (Å²) in [6.07, 6.45) is 7.20. The first-order chi connectivity index (χ1) is 12.5. The van der Waals surface area contributed by atoms with Crippen molar-refractivity contribution in [1.29, 1.82) is 0 Å². The molecule has 0 N–H and O–H groups in total. The lowest BCUT2D eigenvalue weighted by atomic mass is 10.1. The molecule has 1 aliphatic rings. The number of rotatable bonds is 4. The van der Waals surface area contributed by atoms with Gasteiger partial charge < -0.3 is 9.64 Å². The summed E-state index contributed by atoms with van der Waals surface area (Å²) in [5.74, 6) is 1.10. The molecule has 0 unspecified atom stereocenters. The van der Waals surface area contributed by atoms with Gasteiger partial charge in [-0.05, 0) is 19.9 Å². The molecule has 0 radical (unpaired) electrons. The van der Waals surface area contributed by atoms with Crippen molar-refractivity contribution in [3.63, 3.8) is 0 Å². The summed E-state index contributed by atoms with van der Waals surface area (Å²) in [6, 6.07) is 1.95. The Hall–Kier alpha value is -3.16. The lowest BCUT2D eigenvalue weighted by Crippen LogP contribution is -2.30. The fourth-order valence-electron chi connectivity index (χ4n) is 3.20. The van der Waals surface area contributed by atoms with Crippen molar-refractivity contribution < 1.29 is 9.53 Å². The zero-order valence-corrected chi connectivity index (χ0v) is 15.2. The minimum atomic E-state index is -0.00844.